The summed E-state index contributed by atoms with van der Waals surface area (Å²) in [5.74, 6) is 0.157. The summed E-state index contributed by atoms with van der Waals surface area (Å²) in [5.41, 5.74) is 6.71. The van der Waals surface area contributed by atoms with Crippen molar-refractivity contribution in [2.24, 2.45) is 11.1 Å². The van der Waals surface area contributed by atoms with Gasteiger partial charge in [0.2, 0.25) is 17.8 Å². The molecule has 0 unspecified atom stereocenters. The van der Waals surface area contributed by atoms with Crippen LogP contribution in [0.5, 0.6) is 0 Å². The number of nitrogens with one attached hydrogen (secondary N) is 2. The van der Waals surface area contributed by atoms with Crippen molar-refractivity contribution in [3.8, 4) is 0 Å². The zero-order valence-electron chi connectivity index (χ0n) is 19.9. The third-order valence-electron chi connectivity index (χ3n) is 7.25. The van der Waals surface area contributed by atoms with Crippen molar-refractivity contribution in [2.75, 3.05) is 23.8 Å². The standard InChI is InChI=1S/C24H28Cl2FN7O2/c1-24(21(28)35)6-2-15(3-7-24)34-20-18(12-29-22(33-20)30-14-4-8-36-9-5-14)31-23(34)32-19-16(25)10-13(27)11-17(19)26/h10-12,14-15H,2-9H2,1H3,(H2,28,35)(H,31,32)(H,29,30,33)/t15-,24-. The van der Waals surface area contributed by atoms with Crippen LogP contribution in [0.15, 0.2) is 18.3 Å². The first-order valence-corrected chi connectivity index (χ1v) is 12.8. The normalized spacial score (nSPS) is 23.1. The van der Waals surface area contributed by atoms with Gasteiger partial charge in [0.15, 0.2) is 5.65 Å². The summed E-state index contributed by atoms with van der Waals surface area (Å²) < 4.78 is 21.2. The second-order valence-corrected chi connectivity index (χ2v) is 10.6. The lowest BCUT2D eigenvalue weighted by molar-refractivity contribution is -0.128. The number of aromatic nitrogens is 4. The number of ether oxygens (including phenoxy) is 1. The maximum absolute atomic E-state index is 13.8. The number of hydrogen-bond acceptors (Lipinski definition) is 7. The Morgan fingerprint density at radius 1 is 1.17 bits per heavy atom. The van der Waals surface area contributed by atoms with Gasteiger partial charge in [-0.3, -0.25) is 9.36 Å². The Hall–Kier alpha value is -2.69. The van der Waals surface area contributed by atoms with Crippen LogP contribution in [0.2, 0.25) is 10.0 Å². The summed E-state index contributed by atoms with van der Waals surface area (Å²) in [7, 11) is 0. The average molecular weight is 536 g/mol. The number of rotatable bonds is 6. The number of imidazole rings is 1. The van der Waals surface area contributed by atoms with Gasteiger partial charge < -0.3 is 21.1 Å². The zero-order valence-corrected chi connectivity index (χ0v) is 21.4. The minimum Gasteiger partial charge on any atom is -0.381 e. The van der Waals surface area contributed by atoms with Gasteiger partial charge in [0, 0.05) is 30.7 Å². The van der Waals surface area contributed by atoms with Gasteiger partial charge in [-0.2, -0.15) is 4.98 Å². The fourth-order valence-corrected chi connectivity index (χ4v) is 5.49. The fourth-order valence-electron chi connectivity index (χ4n) is 4.94. The Kier molecular flexibility index (Phi) is 6.93. The molecule has 1 saturated carbocycles. The van der Waals surface area contributed by atoms with Crippen molar-refractivity contribution in [3.05, 3.63) is 34.2 Å². The van der Waals surface area contributed by atoms with Crippen LogP contribution in [0, 0.1) is 11.2 Å². The summed E-state index contributed by atoms with van der Waals surface area (Å²) in [5, 5.41) is 6.87. The van der Waals surface area contributed by atoms with Gasteiger partial charge >= 0.3 is 0 Å². The van der Waals surface area contributed by atoms with E-state index >= 15 is 0 Å². The minimum absolute atomic E-state index is 0.00578. The third kappa shape index (κ3) is 4.94. The van der Waals surface area contributed by atoms with Crippen molar-refractivity contribution in [1.82, 2.24) is 19.5 Å². The topological polar surface area (TPSA) is 120 Å². The molecule has 5 rings (SSSR count). The van der Waals surface area contributed by atoms with Gasteiger partial charge in [-0.05, 0) is 50.7 Å². The predicted octanol–water partition coefficient (Wildman–Crippen LogP) is 5.21. The lowest BCUT2D eigenvalue weighted by Gasteiger charge is -2.35. The van der Waals surface area contributed by atoms with E-state index in [0.717, 1.165) is 12.8 Å². The van der Waals surface area contributed by atoms with E-state index in [0.29, 0.717) is 67.6 Å². The number of nitrogens with two attached hydrogens (primary N) is 1. The second kappa shape index (κ2) is 9.99. The molecule has 1 saturated heterocycles. The van der Waals surface area contributed by atoms with Crippen molar-refractivity contribution >= 4 is 57.9 Å². The molecule has 0 radical (unpaired) electrons. The Labute approximate surface area is 217 Å². The molecule has 3 heterocycles. The van der Waals surface area contributed by atoms with Crippen molar-refractivity contribution < 1.29 is 13.9 Å². The molecular formula is C24H28Cl2FN7O2. The summed E-state index contributed by atoms with van der Waals surface area (Å²) in [6.07, 6.45) is 6.13. The van der Waals surface area contributed by atoms with Crippen LogP contribution in [-0.4, -0.2) is 44.7 Å². The molecule has 1 aliphatic heterocycles. The van der Waals surface area contributed by atoms with E-state index in [1.807, 2.05) is 11.5 Å². The lowest BCUT2D eigenvalue weighted by Crippen LogP contribution is -2.38. The van der Waals surface area contributed by atoms with E-state index in [-0.39, 0.29) is 28.0 Å². The third-order valence-corrected chi connectivity index (χ3v) is 7.85. The molecule has 36 heavy (non-hydrogen) atoms. The molecule has 3 aromatic rings. The molecule has 2 aromatic heterocycles. The highest BCUT2D eigenvalue weighted by Gasteiger charge is 2.37. The Morgan fingerprint density at radius 2 is 1.83 bits per heavy atom. The molecule has 0 spiro atoms. The van der Waals surface area contributed by atoms with Gasteiger partial charge in [-0.25, -0.2) is 14.4 Å². The number of fused-ring (bicyclic) bond motifs is 1. The average Bonchev–Trinajstić information content (AvgIpc) is 3.20. The molecule has 4 N–H and O–H groups in total. The van der Waals surface area contributed by atoms with Gasteiger partial charge in [0.25, 0.3) is 0 Å². The second-order valence-electron chi connectivity index (χ2n) is 9.76. The summed E-state index contributed by atoms with van der Waals surface area (Å²) in [4.78, 5) is 26.0. The molecular weight excluding hydrogens is 508 g/mol. The monoisotopic (exact) mass is 535 g/mol. The number of benzene rings is 1. The van der Waals surface area contributed by atoms with Crippen LogP contribution >= 0.6 is 23.2 Å². The van der Waals surface area contributed by atoms with Crippen LogP contribution in [0.4, 0.5) is 22.0 Å². The first-order valence-electron chi connectivity index (χ1n) is 12.0. The Bertz CT molecular complexity index is 1260. The zero-order chi connectivity index (χ0) is 25.4. The highest BCUT2D eigenvalue weighted by molar-refractivity contribution is 6.39. The van der Waals surface area contributed by atoms with Crippen LogP contribution < -0.4 is 16.4 Å². The van der Waals surface area contributed by atoms with E-state index in [1.165, 1.54) is 12.1 Å². The van der Waals surface area contributed by atoms with Crippen LogP contribution in [0.1, 0.15) is 51.5 Å². The van der Waals surface area contributed by atoms with Crippen molar-refractivity contribution in [2.45, 2.75) is 57.5 Å². The Morgan fingerprint density at radius 3 is 2.47 bits per heavy atom. The first kappa shape index (κ1) is 25.0. The van der Waals surface area contributed by atoms with Crippen molar-refractivity contribution in [1.29, 1.82) is 0 Å². The van der Waals surface area contributed by atoms with Crippen molar-refractivity contribution in [3.63, 3.8) is 0 Å². The number of carbonyl (C=O) groups excluding carboxylic acids is 1. The predicted molar refractivity (Wildman–Crippen MR) is 137 cm³/mol. The SMILES string of the molecule is C[C@]1(C(N)=O)CC[C@H](n2c(Nc3c(Cl)cc(F)cc3Cl)nc3cnc(NC4CCOCC4)nc32)CC1. The molecule has 192 valence electrons. The minimum atomic E-state index is -0.547. The van der Waals surface area contributed by atoms with E-state index in [9.17, 15) is 9.18 Å². The maximum atomic E-state index is 13.8. The molecule has 1 aromatic carbocycles. The number of primary amides is 1. The summed E-state index contributed by atoms with van der Waals surface area (Å²) >= 11 is 12.6. The van der Waals surface area contributed by atoms with E-state index in [2.05, 4.69) is 15.6 Å². The molecule has 1 aliphatic carbocycles. The quantitative estimate of drug-likeness (QED) is 0.396. The number of amides is 1. The molecule has 2 fully saturated rings. The van der Waals surface area contributed by atoms with E-state index < -0.39 is 11.2 Å². The smallest absolute Gasteiger partial charge is 0.224 e. The number of anilines is 3. The molecule has 12 heteroatoms. The lowest BCUT2D eigenvalue weighted by atomic mass is 9.73. The Balaban J connectivity index is 1.53. The van der Waals surface area contributed by atoms with E-state index in [1.54, 1.807) is 6.20 Å². The van der Waals surface area contributed by atoms with Gasteiger partial charge in [-0.15, -0.1) is 0 Å². The molecule has 0 atom stereocenters. The fraction of sp³-hybridized carbons (Fsp3) is 0.500. The van der Waals surface area contributed by atoms with E-state index in [4.69, 9.17) is 43.6 Å². The summed E-state index contributed by atoms with van der Waals surface area (Å²) in [6, 6.07) is 2.61. The number of nitrogens with zero attached hydrogens (tertiary/aromatic N) is 4. The number of hydrogen-bond donors (Lipinski definition) is 3. The van der Waals surface area contributed by atoms with Gasteiger partial charge in [0.05, 0.1) is 21.9 Å². The molecule has 1 amide bonds. The van der Waals surface area contributed by atoms with Crippen LogP contribution in [-0.2, 0) is 9.53 Å². The molecule has 0 bridgehead atoms. The van der Waals surface area contributed by atoms with Gasteiger partial charge in [-0.1, -0.05) is 30.1 Å². The van der Waals surface area contributed by atoms with Crippen LogP contribution in [0.25, 0.3) is 11.2 Å². The molecule has 2 aliphatic rings. The summed E-state index contributed by atoms with van der Waals surface area (Å²) in [6.45, 7) is 3.31. The largest absolute Gasteiger partial charge is 0.381 e. The first-order chi connectivity index (χ1) is 17.2. The highest BCUT2D eigenvalue weighted by atomic mass is 35.5. The van der Waals surface area contributed by atoms with Crippen LogP contribution in [0.3, 0.4) is 0 Å². The highest BCUT2D eigenvalue weighted by Crippen LogP contribution is 2.43. The molecule has 9 nitrogen and oxygen atoms in total. The number of carbonyl (C=O) groups is 1. The maximum Gasteiger partial charge on any atom is 0.224 e. The number of halogens is 3. The van der Waals surface area contributed by atoms with Gasteiger partial charge in [0.1, 0.15) is 11.3 Å².